The average molecular weight is 374 g/mol. The van der Waals surface area contributed by atoms with Crippen LogP contribution in [0.15, 0.2) is 4.90 Å². The van der Waals surface area contributed by atoms with Gasteiger partial charge in [-0.25, -0.2) is 8.42 Å². The van der Waals surface area contributed by atoms with Gasteiger partial charge in [-0.3, -0.25) is 14.3 Å². The van der Waals surface area contributed by atoms with Gasteiger partial charge in [-0.2, -0.15) is 9.82 Å². The van der Waals surface area contributed by atoms with Gasteiger partial charge >= 0.3 is 5.97 Å². The normalized spacial score (nSPS) is 13.1. The molecule has 0 fully saturated rings. The summed E-state index contributed by atoms with van der Waals surface area (Å²) in [6, 6.07) is -1.10. The molecule has 1 heterocycles. The minimum absolute atomic E-state index is 0.0308. The van der Waals surface area contributed by atoms with E-state index in [4.69, 9.17) is 5.11 Å². The monoisotopic (exact) mass is 374 g/mol. The molecule has 0 saturated carbocycles. The molecule has 0 aliphatic rings. The van der Waals surface area contributed by atoms with E-state index in [9.17, 15) is 18.0 Å². The smallest absolute Gasteiger partial charge is 0.323 e. The second kappa shape index (κ2) is 7.96. The Morgan fingerprint density at radius 2 is 1.84 bits per heavy atom. The van der Waals surface area contributed by atoms with Crippen molar-refractivity contribution in [3.05, 3.63) is 11.4 Å². The Labute approximate surface area is 148 Å². The summed E-state index contributed by atoms with van der Waals surface area (Å²) >= 11 is 0. The van der Waals surface area contributed by atoms with Crippen LogP contribution in [0.1, 0.15) is 32.2 Å². The van der Waals surface area contributed by atoms with Crippen molar-refractivity contribution in [2.45, 2.75) is 45.6 Å². The predicted molar refractivity (Wildman–Crippen MR) is 91.5 cm³/mol. The minimum Gasteiger partial charge on any atom is -0.480 e. The Morgan fingerprint density at radius 1 is 1.28 bits per heavy atom. The molecule has 1 aromatic rings. The molecule has 0 bridgehead atoms. The van der Waals surface area contributed by atoms with Crippen molar-refractivity contribution >= 4 is 21.9 Å². The van der Waals surface area contributed by atoms with Crippen LogP contribution in [0.25, 0.3) is 0 Å². The topological polar surface area (TPSA) is 122 Å². The number of aliphatic carboxylic acids is 1. The van der Waals surface area contributed by atoms with Gasteiger partial charge in [0.2, 0.25) is 15.9 Å². The van der Waals surface area contributed by atoms with Crippen molar-refractivity contribution in [2.24, 2.45) is 13.0 Å². The molecule has 1 amide bonds. The van der Waals surface area contributed by atoms with Gasteiger partial charge in [0.1, 0.15) is 11.4 Å². The van der Waals surface area contributed by atoms with E-state index in [1.165, 1.54) is 11.6 Å². The molecule has 1 unspecified atom stereocenters. The van der Waals surface area contributed by atoms with E-state index in [1.807, 2.05) is 13.8 Å². The van der Waals surface area contributed by atoms with Crippen LogP contribution in [-0.2, 0) is 26.7 Å². The fourth-order valence-corrected chi connectivity index (χ4v) is 4.23. The third-order valence-electron chi connectivity index (χ3n) is 3.64. The van der Waals surface area contributed by atoms with Gasteiger partial charge in [0.05, 0.1) is 17.4 Å². The highest BCUT2D eigenvalue weighted by Crippen LogP contribution is 2.19. The molecule has 2 N–H and O–H groups in total. The number of nitrogens with zero attached hydrogens (tertiary/aromatic N) is 3. The van der Waals surface area contributed by atoms with E-state index in [-0.39, 0.29) is 17.4 Å². The van der Waals surface area contributed by atoms with Crippen molar-refractivity contribution in [3.8, 4) is 0 Å². The Morgan fingerprint density at radius 3 is 2.24 bits per heavy atom. The summed E-state index contributed by atoms with van der Waals surface area (Å²) in [5.41, 5.74) is 0.783. The van der Waals surface area contributed by atoms with Crippen LogP contribution in [0.4, 0.5) is 0 Å². The Bertz CT molecular complexity index is 754. The van der Waals surface area contributed by atoms with Gasteiger partial charge in [0.15, 0.2) is 0 Å². The first-order valence-electron chi connectivity index (χ1n) is 7.90. The van der Waals surface area contributed by atoms with Gasteiger partial charge in [0, 0.05) is 13.6 Å². The number of carboxylic acid groups (broad SMARTS) is 1. The average Bonchev–Trinajstić information content (AvgIpc) is 2.69. The van der Waals surface area contributed by atoms with Crippen LogP contribution in [0, 0.1) is 19.8 Å². The lowest BCUT2D eigenvalue weighted by Crippen LogP contribution is -2.49. The van der Waals surface area contributed by atoms with Gasteiger partial charge in [-0.1, -0.05) is 13.8 Å². The molecule has 0 aliphatic heterocycles. The number of hydrogen-bond acceptors (Lipinski definition) is 5. The molecule has 25 heavy (non-hydrogen) atoms. The summed E-state index contributed by atoms with van der Waals surface area (Å²) in [5.74, 6) is -1.68. The summed E-state index contributed by atoms with van der Waals surface area (Å²) in [4.78, 5) is 24.7. The zero-order chi connectivity index (χ0) is 19.5. The quantitative estimate of drug-likeness (QED) is 0.674. The largest absolute Gasteiger partial charge is 0.480 e. The highest BCUT2D eigenvalue weighted by molar-refractivity contribution is 7.89. The third kappa shape index (κ3) is 5.27. The SMILES string of the molecule is Cc1nn(C)c(C)c1S(=O)(=O)NC(C)C(=O)N(CC(=O)O)CC(C)C. The first-order valence-corrected chi connectivity index (χ1v) is 9.38. The number of aromatic nitrogens is 2. The second-order valence-electron chi connectivity index (χ2n) is 6.47. The lowest BCUT2D eigenvalue weighted by Gasteiger charge is -2.26. The van der Waals surface area contributed by atoms with Gasteiger partial charge in [-0.15, -0.1) is 0 Å². The molecule has 0 spiro atoms. The van der Waals surface area contributed by atoms with E-state index < -0.39 is 34.5 Å². The highest BCUT2D eigenvalue weighted by Gasteiger charge is 2.30. The zero-order valence-electron chi connectivity index (χ0n) is 15.4. The standard InChI is InChI=1S/C15H26N4O5S/c1-9(2)7-19(8-13(20)21)15(22)11(4)17-25(23,24)14-10(3)16-18(6)12(14)5/h9,11,17H,7-8H2,1-6H3,(H,20,21). The fourth-order valence-electron chi connectivity index (χ4n) is 2.60. The molecule has 10 heteroatoms. The number of carbonyl (C=O) groups excluding carboxylic acids is 1. The predicted octanol–water partition coefficient (Wildman–Crippen LogP) is 0.273. The maximum Gasteiger partial charge on any atom is 0.323 e. The van der Waals surface area contributed by atoms with Gasteiger partial charge < -0.3 is 10.0 Å². The van der Waals surface area contributed by atoms with E-state index in [0.29, 0.717) is 11.4 Å². The van der Waals surface area contributed by atoms with Gasteiger partial charge in [-0.05, 0) is 26.7 Å². The Kier molecular flexibility index (Phi) is 6.72. The molecule has 1 aromatic heterocycles. The molecule has 0 saturated heterocycles. The first-order chi connectivity index (χ1) is 11.4. The third-order valence-corrected chi connectivity index (χ3v) is 5.43. The second-order valence-corrected chi connectivity index (χ2v) is 8.12. The number of carbonyl (C=O) groups is 2. The van der Waals surface area contributed by atoms with Crippen LogP contribution in [0.2, 0.25) is 0 Å². The Balaban J connectivity index is 3.03. The molecular weight excluding hydrogens is 348 g/mol. The van der Waals surface area contributed by atoms with Crippen molar-refractivity contribution in [1.82, 2.24) is 19.4 Å². The van der Waals surface area contributed by atoms with Crippen LogP contribution in [0.5, 0.6) is 0 Å². The maximum absolute atomic E-state index is 12.6. The van der Waals surface area contributed by atoms with Crippen LogP contribution in [-0.4, -0.2) is 59.2 Å². The number of aryl methyl sites for hydroxylation is 2. The van der Waals surface area contributed by atoms with Crippen LogP contribution < -0.4 is 4.72 Å². The number of sulfonamides is 1. The van der Waals surface area contributed by atoms with Crippen LogP contribution in [0.3, 0.4) is 0 Å². The molecule has 142 valence electrons. The van der Waals surface area contributed by atoms with E-state index >= 15 is 0 Å². The minimum atomic E-state index is -3.96. The number of hydrogen-bond donors (Lipinski definition) is 2. The zero-order valence-corrected chi connectivity index (χ0v) is 16.2. The van der Waals surface area contributed by atoms with Crippen molar-refractivity contribution in [3.63, 3.8) is 0 Å². The Hall–Kier alpha value is -1.94. The molecular formula is C15H26N4O5S. The number of amides is 1. The van der Waals surface area contributed by atoms with Crippen molar-refractivity contribution in [1.29, 1.82) is 0 Å². The lowest BCUT2D eigenvalue weighted by molar-refractivity contribution is -0.145. The molecule has 9 nitrogen and oxygen atoms in total. The van der Waals surface area contributed by atoms with Gasteiger partial charge in [0.25, 0.3) is 0 Å². The maximum atomic E-state index is 12.6. The highest BCUT2D eigenvalue weighted by atomic mass is 32.2. The van der Waals surface area contributed by atoms with Crippen molar-refractivity contribution in [2.75, 3.05) is 13.1 Å². The van der Waals surface area contributed by atoms with E-state index in [1.54, 1.807) is 20.9 Å². The summed E-state index contributed by atoms with van der Waals surface area (Å²) in [7, 11) is -2.33. The molecule has 0 aromatic carbocycles. The fraction of sp³-hybridized carbons (Fsp3) is 0.667. The van der Waals surface area contributed by atoms with E-state index in [2.05, 4.69) is 9.82 Å². The molecule has 1 rings (SSSR count). The van der Waals surface area contributed by atoms with E-state index in [0.717, 1.165) is 4.90 Å². The number of rotatable bonds is 8. The number of nitrogens with one attached hydrogen (secondary N) is 1. The first kappa shape index (κ1) is 21.1. The molecule has 1 atom stereocenters. The summed E-state index contributed by atoms with van der Waals surface area (Å²) in [6.07, 6.45) is 0. The summed E-state index contributed by atoms with van der Waals surface area (Å²) < 4.78 is 29.0. The summed E-state index contributed by atoms with van der Waals surface area (Å²) in [6.45, 7) is 8.03. The molecule has 0 aliphatic carbocycles. The number of carboxylic acids is 1. The van der Waals surface area contributed by atoms with Crippen molar-refractivity contribution < 1.29 is 23.1 Å². The van der Waals surface area contributed by atoms with Crippen LogP contribution >= 0.6 is 0 Å². The molecule has 0 radical (unpaired) electrons. The lowest BCUT2D eigenvalue weighted by atomic mass is 10.2. The summed E-state index contributed by atoms with van der Waals surface area (Å²) in [5, 5.41) is 13.0.